The topological polar surface area (TPSA) is 51.8 Å². The number of nitrogens with zero attached hydrogens (tertiary/aromatic N) is 3. The molecule has 13 rings (SSSR count). The van der Waals surface area contributed by atoms with E-state index in [1.54, 1.807) is 0 Å². The molecule has 13 aromatic rings. The zero-order chi connectivity index (χ0) is 42.8. The quantitative estimate of drug-likeness (QED) is 0.157. The van der Waals surface area contributed by atoms with Crippen LogP contribution in [0, 0.1) is 0 Å². The van der Waals surface area contributed by atoms with Gasteiger partial charge in [0, 0.05) is 38.4 Å². The highest BCUT2D eigenvalue weighted by Gasteiger charge is 2.19. The molecule has 0 bridgehead atoms. The fraction of sp³-hybridized carbons (Fsp3) is 0. The van der Waals surface area contributed by atoms with Crippen LogP contribution in [0.5, 0.6) is 0 Å². The van der Waals surface area contributed by atoms with E-state index in [2.05, 4.69) is 164 Å². The van der Waals surface area contributed by atoms with Gasteiger partial charge < -0.3 is 4.42 Å². The van der Waals surface area contributed by atoms with Crippen LogP contribution in [0.2, 0.25) is 0 Å². The summed E-state index contributed by atoms with van der Waals surface area (Å²) in [6, 6.07) is 79.4. The van der Waals surface area contributed by atoms with Crippen molar-refractivity contribution in [2.75, 3.05) is 0 Å². The van der Waals surface area contributed by atoms with Gasteiger partial charge in [-0.3, -0.25) is 0 Å². The third-order valence-corrected chi connectivity index (χ3v) is 12.9. The van der Waals surface area contributed by atoms with Crippen molar-refractivity contribution in [1.29, 1.82) is 0 Å². The molecule has 0 aliphatic rings. The van der Waals surface area contributed by atoms with Gasteiger partial charge in [0.2, 0.25) is 0 Å². The molecule has 0 saturated carbocycles. The van der Waals surface area contributed by atoms with Crippen LogP contribution >= 0.6 is 0 Å². The molecule has 0 atom stereocenters. The maximum Gasteiger partial charge on any atom is 0.164 e. The Morgan fingerprint density at radius 2 is 0.631 bits per heavy atom. The lowest BCUT2D eigenvalue weighted by molar-refractivity contribution is 0.674. The predicted octanol–water partition coefficient (Wildman–Crippen LogP) is 16.4. The number of fused-ring (bicyclic) bond motifs is 11. The lowest BCUT2D eigenvalue weighted by Gasteiger charge is -2.13. The van der Waals surface area contributed by atoms with Crippen LogP contribution in [0.15, 0.2) is 229 Å². The second-order valence-corrected chi connectivity index (χ2v) is 16.7. The first-order chi connectivity index (χ1) is 32.2. The summed E-state index contributed by atoms with van der Waals surface area (Å²) in [7, 11) is 0. The van der Waals surface area contributed by atoms with Crippen molar-refractivity contribution < 1.29 is 4.42 Å². The first kappa shape index (κ1) is 36.9. The van der Waals surface area contributed by atoms with Gasteiger partial charge in [0.1, 0.15) is 11.2 Å². The molecule has 0 radical (unpaired) electrons. The average Bonchev–Trinajstić information content (AvgIpc) is 3.78. The van der Waals surface area contributed by atoms with Gasteiger partial charge in [0.05, 0.1) is 0 Å². The molecule has 0 aliphatic heterocycles. The lowest BCUT2D eigenvalue weighted by Crippen LogP contribution is -2.00. The highest BCUT2D eigenvalue weighted by Crippen LogP contribution is 2.44. The van der Waals surface area contributed by atoms with Gasteiger partial charge >= 0.3 is 0 Å². The first-order valence-corrected chi connectivity index (χ1v) is 22.0. The fourth-order valence-corrected chi connectivity index (χ4v) is 9.78. The van der Waals surface area contributed by atoms with Crippen molar-refractivity contribution in [2.45, 2.75) is 0 Å². The number of benzene rings is 11. The van der Waals surface area contributed by atoms with Crippen LogP contribution in [0.4, 0.5) is 0 Å². The Bertz CT molecular complexity index is 3890. The fourth-order valence-electron chi connectivity index (χ4n) is 9.78. The Morgan fingerprint density at radius 3 is 1.26 bits per heavy atom. The molecule has 0 saturated heterocycles. The molecule has 4 heteroatoms. The molecule has 0 N–H and O–H groups in total. The highest BCUT2D eigenvalue weighted by atomic mass is 16.3. The zero-order valence-corrected chi connectivity index (χ0v) is 35.1. The Balaban J connectivity index is 0.899. The van der Waals surface area contributed by atoms with E-state index in [9.17, 15) is 0 Å². The number of hydrogen-bond acceptors (Lipinski definition) is 4. The van der Waals surface area contributed by atoms with E-state index in [-0.39, 0.29) is 0 Å². The molecule has 0 fully saturated rings. The molecule has 0 spiro atoms. The van der Waals surface area contributed by atoms with Crippen molar-refractivity contribution in [2.24, 2.45) is 0 Å². The first-order valence-electron chi connectivity index (χ1n) is 22.0. The third-order valence-electron chi connectivity index (χ3n) is 12.9. The molecule has 302 valence electrons. The summed E-state index contributed by atoms with van der Waals surface area (Å²) in [6.45, 7) is 0. The number of furan rings is 1. The predicted molar refractivity (Wildman–Crippen MR) is 270 cm³/mol. The molecule has 2 aromatic heterocycles. The van der Waals surface area contributed by atoms with E-state index in [1.165, 1.54) is 48.8 Å². The molecule has 0 unspecified atom stereocenters. The lowest BCUT2D eigenvalue weighted by atomic mass is 9.90. The SMILES string of the molecule is c1ccc(-c2nc(-c3ccccc3)nc(-c3ccc(-c4cccc(-c5cccc6c5oc5c7ccccc7c(-c7ccc8c9ccccc9c9ccccc9c8c7)cc65)c4)cc3)n2)cc1. The summed E-state index contributed by atoms with van der Waals surface area (Å²) < 4.78 is 6.99. The zero-order valence-electron chi connectivity index (χ0n) is 35.1. The van der Waals surface area contributed by atoms with Crippen LogP contribution in [0.25, 0.3) is 133 Å². The van der Waals surface area contributed by atoms with Gasteiger partial charge in [-0.25, -0.2) is 15.0 Å². The van der Waals surface area contributed by atoms with Crippen LogP contribution in [-0.2, 0) is 0 Å². The van der Waals surface area contributed by atoms with Gasteiger partial charge in [-0.05, 0) is 83.7 Å². The largest absolute Gasteiger partial charge is 0.455 e. The second-order valence-electron chi connectivity index (χ2n) is 16.7. The Morgan fingerprint density at radius 1 is 0.215 bits per heavy atom. The molecule has 4 nitrogen and oxygen atoms in total. The van der Waals surface area contributed by atoms with Crippen LogP contribution < -0.4 is 0 Å². The van der Waals surface area contributed by atoms with E-state index in [1.807, 2.05) is 60.7 Å². The molecule has 11 aromatic carbocycles. The molecule has 65 heavy (non-hydrogen) atoms. The van der Waals surface area contributed by atoms with Crippen molar-refractivity contribution in [3.05, 3.63) is 224 Å². The summed E-state index contributed by atoms with van der Waals surface area (Å²) >= 11 is 0. The van der Waals surface area contributed by atoms with Gasteiger partial charge in [-0.15, -0.1) is 0 Å². The number of aromatic nitrogens is 3. The van der Waals surface area contributed by atoms with Gasteiger partial charge in [0.25, 0.3) is 0 Å². The summed E-state index contributed by atoms with van der Waals surface area (Å²) in [5.41, 5.74) is 11.3. The molecule has 2 heterocycles. The average molecular weight is 828 g/mol. The van der Waals surface area contributed by atoms with Crippen LogP contribution in [-0.4, -0.2) is 15.0 Å². The summed E-state index contributed by atoms with van der Waals surface area (Å²) in [4.78, 5) is 14.8. The number of para-hydroxylation sites is 1. The van der Waals surface area contributed by atoms with Crippen molar-refractivity contribution in [3.63, 3.8) is 0 Å². The second kappa shape index (κ2) is 15.0. The van der Waals surface area contributed by atoms with Crippen LogP contribution in [0.3, 0.4) is 0 Å². The standard InChI is InChI=1S/C61H37N3O/c1-3-15-39(16-4-1)59-62-60(40-17-5-2-6-18-40)64-61(63-59)41-31-29-38(30-32-41)42-19-13-20-43(35-42)45-27-14-28-53-56-37-54(50-25-11-12-26-52(50)58(56)65-57(45)53)44-33-34-51-48-23-8-7-21-46(48)47-22-9-10-24-49(47)55(51)36-44/h1-37H. The molecule has 0 aliphatic carbocycles. The van der Waals surface area contributed by atoms with E-state index in [0.717, 1.165) is 66.3 Å². The summed E-state index contributed by atoms with van der Waals surface area (Å²) in [5.74, 6) is 1.92. The maximum absolute atomic E-state index is 6.99. The molecular weight excluding hydrogens is 791 g/mol. The van der Waals surface area contributed by atoms with Crippen molar-refractivity contribution in [3.8, 4) is 67.5 Å². The van der Waals surface area contributed by atoms with Gasteiger partial charge in [0.15, 0.2) is 17.5 Å². The minimum absolute atomic E-state index is 0.632. The number of rotatable bonds is 6. The summed E-state index contributed by atoms with van der Waals surface area (Å²) in [5, 5.41) is 12.1. The highest BCUT2D eigenvalue weighted by molar-refractivity contribution is 6.26. The van der Waals surface area contributed by atoms with Gasteiger partial charge in [-0.2, -0.15) is 0 Å². The van der Waals surface area contributed by atoms with Gasteiger partial charge in [-0.1, -0.05) is 206 Å². The Hall–Kier alpha value is -8.73. The van der Waals surface area contributed by atoms with Crippen molar-refractivity contribution in [1.82, 2.24) is 15.0 Å². The normalized spacial score (nSPS) is 11.7. The smallest absolute Gasteiger partial charge is 0.164 e. The van der Waals surface area contributed by atoms with E-state index in [4.69, 9.17) is 19.4 Å². The van der Waals surface area contributed by atoms with E-state index < -0.39 is 0 Å². The van der Waals surface area contributed by atoms with E-state index >= 15 is 0 Å². The minimum atomic E-state index is 0.632. The van der Waals surface area contributed by atoms with E-state index in [0.29, 0.717) is 17.5 Å². The summed E-state index contributed by atoms with van der Waals surface area (Å²) in [6.07, 6.45) is 0. The van der Waals surface area contributed by atoms with Crippen molar-refractivity contribution >= 4 is 65.0 Å². The monoisotopic (exact) mass is 827 g/mol. The minimum Gasteiger partial charge on any atom is -0.455 e. The number of hydrogen-bond donors (Lipinski definition) is 0. The van der Waals surface area contributed by atoms with Crippen LogP contribution in [0.1, 0.15) is 0 Å². The Kier molecular flexibility index (Phi) is 8.50. The third kappa shape index (κ3) is 6.18. The maximum atomic E-state index is 6.99. The molecule has 0 amide bonds. The molecular formula is C61H37N3O. The Labute approximate surface area is 374 Å².